The number of nitro groups is 1. The highest BCUT2D eigenvalue weighted by molar-refractivity contribution is 7.10. The lowest BCUT2D eigenvalue weighted by atomic mass is 10.1. The number of carbonyl (C=O) groups is 2. The van der Waals surface area contributed by atoms with Gasteiger partial charge in [0.25, 0.3) is 5.69 Å². The minimum Gasteiger partial charge on any atom is -0.379 e. The molecule has 2 aromatic rings. The molecule has 0 saturated carbocycles. The second-order valence-corrected chi connectivity index (χ2v) is 7.58. The van der Waals surface area contributed by atoms with Gasteiger partial charge in [0.2, 0.25) is 0 Å². The SMILES string of the molecule is Cc1ccc([N+](=O)[O-])cc1NC(=O)C(=O)NCC(c1cccs1)N1CCOCC1. The molecule has 2 heterocycles. The molecule has 9 nitrogen and oxygen atoms in total. The number of rotatable bonds is 6. The quantitative estimate of drug-likeness (QED) is 0.422. The Hall–Kier alpha value is -2.82. The molecule has 1 aliphatic heterocycles. The van der Waals surface area contributed by atoms with Crippen molar-refractivity contribution in [2.24, 2.45) is 0 Å². The first-order valence-electron chi connectivity index (χ1n) is 9.15. The third-order valence-electron chi connectivity index (χ3n) is 4.70. The minimum absolute atomic E-state index is 0.0461. The van der Waals surface area contributed by atoms with E-state index in [1.54, 1.807) is 18.3 Å². The van der Waals surface area contributed by atoms with Gasteiger partial charge in [-0.2, -0.15) is 0 Å². The van der Waals surface area contributed by atoms with Crippen LogP contribution in [0, 0.1) is 17.0 Å². The molecule has 1 atom stereocenters. The van der Waals surface area contributed by atoms with Gasteiger partial charge in [-0.1, -0.05) is 12.1 Å². The van der Waals surface area contributed by atoms with Gasteiger partial charge in [-0.25, -0.2) is 0 Å². The van der Waals surface area contributed by atoms with Gasteiger partial charge in [0, 0.05) is 36.6 Å². The number of nitro benzene ring substituents is 1. The molecule has 1 unspecified atom stereocenters. The van der Waals surface area contributed by atoms with E-state index in [0.29, 0.717) is 18.8 Å². The van der Waals surface area contributed by atoms with Crippen LogP contribution >= 0.6 is 11.3 Å². The lowest BCUT2D eigenvalue weighted by molar-refractivity contribution is -0.384. The van der Waals surface area contributed by atoms with E-state index < -0.39 is 16.7 Å². The Kier molecular flexibility index (Phi) is 6.91. The lowest BCUT2D eigenvalue weighted by Gasteiger charge is -2.34. The molecule has 0 aliphatic carbocycles. The summed E-state index contributed by atoms with van der Waals surface area (Å²) in [6.45, 7) is 4.73. The number of hydrogen-bond acceptors (Lipinski definition) is 7. The van der Waals surface area contributed by atoms with Crippen LogP contribution in [0.4, 0.5) is 11.4 Å². The van der Waals surface area contributed by atoms with Gasteiger partial charge in [-0.3, -0.25) is 24.6 Å². The summed E-state index contributed by atoms with van der Waals surface area (Å²) in [6.07, 6.45) is 0. The number of anilines is 1. The van der Waals surface area contributed by atoms with E-state index in [-0.39, 0.29) is 24.0 Å². The molecule has 1 aromatic carbocycles. The van der Waals surface area contributed by atoms with E-state index in [9.17, 15) is 19.7 Å². The number of nitrogens with zero attached hydrogens (tertiary/aromatic N) is 2. The van der Waals surface area contributed by atoms with Crippen LogP contribution in [0.3, 0.4) is 0 Å². The fraction of sp³-hybridized carbons (Fsp3) is 0.368. The molecule has 3 rings (SSSR count). The van der Waals surface area contributed by atoms with Crippen molar-refractivity contribution in [1.82, 2.24) is 10.2 Å². The second-order valence-electron chi connectivity index (χ2n) is 6.60. The van der Waals surface area contributed by atoms with Crippen molar-refractivity contribution < 1.29 is 19.2 Å². The van der Waals surface area contributed by atoms with E-state index in [1.165, 1.54) is 18.2 Å². The number of nitrogens with one attached hydrogen (secondary N) is 2. The van der Waals surface area contributed by atoms with Crippen molar-refractivity contribution in [1.29, 1.82) is 0 Å². The predicted octanol–water partition coefficient (Wildman–Crippen LogP) is 2.09. The van der Waals surface area contributed by atoms with Gasteiger partial charge in [-0.05, 0) is 23.9 Å². The summed E-state index contributed by atoms with van der Waals surface area (Å²) in [5.74, 6) is -1.65. The zero-order valence-electron chi connectivity index (χ0n) is 15.9. The van der Waals surface area contributed by atoms with Gasteiger partial charge in [0.1, 0.15) is 0 Å². The fourth-order valence-electron chi connectivity index (χ4n) is 3.09. The normalized spacial score (nSPS) is 15.5. The van der Waals surface area contributed by atoms with E-state index >= 15 is 0 Å². The molecule has 2 amide bonds. The number of aryl methyl sites for hydroxylation is 1. The lowest BCUT2D eigenvalue weighted by Crippen LogP contribution is -2.45. The summed E-state index contributed by atoms with van der Waals surface area (Å²) in [5.41, 5.74) is 0.709. The highest BCUT2D eigenvalue weighted by Gasteiger charge is 2.25. The smallest absolute Gasteiger partial charge is 0.313 e. The second kappa shape index (κ2) is 9.59. The number of thiophene rings is 1. The molecule has 29 heavy (non-hydrogen) atoms. The summed E-state index contributed by atoms with van der Waals surface area (Å²) in [5, 5.41) is 18.0. The maximum Gasteiger partial charge on any atom is 0.313 e. The van der Waals surface area contributed by atoms with Crippen LogP contribution < -0.4 is 10.6 Å². The van der Waals surface area contributed by atoms with Gasteiger partial charge in [-0.15, -0.1) is 11.3 Å². The van der Waals surface area contributed by atoms with Gasteiger partial charge in [0.15, 0.2) is 0 Å². The van der Waals surface area contributed by atoms with Crippen molar-refractivity contribution in [2.45, 2.75) is 13.0 Å². The molecule has 1 aliphatic rings. The number of non-ortho nitro benzene ring substituents is 1. The van der Waals surface area contributed by atoms with Crippen LogP contribution in [0.5, 0.6) is 0 Å². The summed E-state index contributed by atoms with van der Waals surface area (Å²) in [4.78, 5) is 38.3. The zero-order chi connectivity index (χ0) is 20.8. The summed E-state index contributed by atoms with van der Waals surface area (Å²) in [6, 6.07) is 8.02. The van der Waals surface area contributed by atoms with Gasteiger partial charge in [0.05, 0.1) is 29.9 Å². The Morgan fingerprint density at radius 2 is 2.03 bits per heavy atom. The Bertz CT molecular complexity index is 881. The van der Waals surface area contributed by atoms with E-state index in [4.69, 9.17) is 4.74 Å². The van der Waals surface area contributed by atoms with E-state index in [2.05, 4.69) is 15.5 Å². The Balaban J connectivity index is 1.63. The first-order valence-corrected chi connectivity index (χ1v) is 10.0. The monoisotopic (exact) mass is 418 g/mol. The molecule has 1 fully saturated rings. The van der Waals surface area contributed by atoms with E-state index in [1.807, 2.05) is 17.5 Å². The van der Waals surface area contributed by atoms with Gasteiger partial charge >= 0.3 is 11.8 Å². The minimum atomic E-state index is -0.861. The maximum absolute atomic E-state index is 12.3. The maximum atomic E-state index is 12.3. The van der Waals surface area contributed by atoms with Gasteiger partial charge < -0.3 is 15.4 Å². The number of morpholine rings is 1. The van der Waals surface area contributed by atoms with E-state index in [0.717, 1.165) is 18.0 Å². The van der Waals surface area contributed by atoms with Crippen LogP contribution in [0.1, 0.15) is 16.5 Å². The van der Waals surface area contributed by atoms with Crippen molar-refractivity contribution in [3.63, 3.8) is 0 Å². The van der Waals surface area contributed by atoms with Crippen molar-refractivity contribution in [3.05, 3.63) is 56.3 Å². The summed E-state index contributed by atoms with van der Waals surface area (Å²) in [7, 11) is 0. The van der Waals surface area contributed by atoms with Crippen molar-refractivity contribution >= 4 is 34.5 Å². The first-order chi connectivity index (χ1) is 14.0. The molecule has 10 heteroatoms. The molecule has 154 valence electrons. The van der Waals surface area contributed by atoms with Crippen LogP contribution in [0.2, 0.25) is 0 Å². The Morgan fingerprint density at radius 3 is 2.69 bits per heavy atom. The predicted molar refractivity (Wildman–Crippen MR) is 109 cm³/mol. The number of carbonyl (C=O) groups excluding carboxylic acids is 2. The van der Waals surface area contributed by atoms with Crippen LogP contribution in [-0.4, -0.2) is 54.5 Å². The summed E-state index contributed by atoms with van der Waals surface area (Å²) < 4.78 is 5.40. The Labute approximate surface area is 171 Å². The zero-order valence-corrected chi connectivity index (χ0v) is 16.7. The largest absolute Gasteiger partial charge is 0.379 e. The fourth-order valence-corrected chi connectivity index (χ4v) is 3.95. The third kappa shape index (κ3) is 5.37. The molecule has 0 spiro atoms. The topological polar surface area (TPSA) is 114 Å². The summed E-state index contributed by atoms with van der Waals surface area (Å²) >= 11 is 1.60. The molecule has 0 bridgehead atoms. The molecule has 0 radical (unpaired) electrons. The third-order valence-corrected chi connectivity index (χ3v) is 5.67. The van der Waals surface area contributed by atoms with Crippen molar-refractivity contribution in [2.75, 3.05) is 38.2 Å². The van der Waals surface area contributed by atoms with Crippen LogP contribution in [-0.2, 0) is 14.3 Å². The average molecular weight is 418 g/mol. The standard InChI is InChI=1S/C19H22N4O5S/c1-13-4-5-14(23(26)27)11-15(13)21-19(25)18(24)20-12-16(17-3-2-10-29-17)22-6-8-28-9-7-22/h2-5,10-11,16H,6-9,12H2,1H3,(H,20,24)(H,21,25). The molecular formula is C19H22N4O5S. The Morgan fingerprint density at radius 1 is 1.28 bits per heavy atom. The van der Waals surface area contributed by atoms with Crippen LogP contribution in [0.25, 0.3) is 0 Å². The number of hydrogen-bond donors (Lipinski definition) is 2. The number of benzene rings is 1. The molecular weight excluding hydrogens is 396 g/mol. The highest BCUT2D eigenvalue weighted by Crippen LogP contribution is 2.25. The molecule has 1 saturated heterocycles. The highest BCUT2D eigenvalue weighted by atomic mass is 32.1. The molecule has 1 aromatic heterocycles. The van der Waals surface area contributed by atoms with Crippen LogP contribution in [0.15, 0.2) is 35.7 Å². The van der Waals surface area contributed by atoms with Crippen molar-refractivity contribution in [3.8, 4) is 0 Å². The average Bonchev–Trinajstić information content (AvgIpc) is 3.24. The number of ether oxygens (including phenoxy) is 1. The number of amides is 2. The molecule has 2 N–H and O–H groups in total. The first kappa shape index (κ1) is 20.9.